The van der Waals surface area contributed by atoms with Gasteiger partial charge < -0.3 is 10.1 Å². The smallest absolute Gasteiger partial charge is 0.123 e. The topological polar surface area (TPSA) is 34.1 Å². The van der Waals surface area contributed by atoms with Crippen molar-refractivity contribution in [1.29, 1.82) is 0 Å². The molecule has 0 fully saturated rings. The fourth-order valence-electron chi connectivity index (χ4n) is 2.79. The third-order valence-electron chi connectivity index (χ3n) is 4.19. The largest absolute Gasteiger partial charge is 0.492 e. The van der Waals surface area contributed by atoms with Gasteiger partial charge in [0.05, 0.1) is 0 Å². The molecule has 1 heterocycles. The molecule has 0 unspecified atom stereocenters. The molecule has 3 rings (SSSR count). The number of aryl methyl sites for hydroxylation is 1. The molecule has 0 saturated heterocycles. The van der Waals surface area contributed by atoms with Crippen LogP contribution in [0, 0.1) is 5.82 Å². The summed E-state index contributed by atoms with van der Waals surface area (Å²) in [6.07, 6.45) is 4.60. The van der Waals surface area contributed by atoms with Crippen molar-refractivity contribution in [2.75, 3.05) is 13.2 Å². The van der Waals surface area contributed by atoms with E-state index in [1.165, 1.54) is 17.7 Å². The molecule has 0 aliphatic rings. The van der Waals surface area contributed by atoms with E-state index in [9.17, 15) is 4.39 Å². The predicted octanol–water partition coefficient (Wildman–Crippen LogP) is 4.62. The third kappa shape index (κ3) is 4.90. The highest BCUT2D eigenvalue weighted by atomic mass is 19.1. The molecule has 0 spiro atoms. The highest BCUT2D eigenvalue weighted by molar-refractivity contribution is 5.62. The second-order valence-corrected chi connectivity index (χ2v) is 6.08. The number of benzene rings is 2. The maximum absolute atomic E-state index is 13.1. The molecule has 3 nitrogen and oxygen atoms in total. The molecule has 0 aliphatic carbocycles. The molecule has 0 bridgehead atoms. The van der Waals surface area contributed by atoms with Gasteiger partial charge in [-0.05, 0) is 47.4 Å². The first kappa shape index (κ1) is 18.1. The molecule has 4 heteroatoms. The Hall–Kier alpha value is -2.72. The summed E-state index contributed by atoms with van der Waals surface area (Å²) in [6, 6.07) is 16.7. The number of para-hydroxylation sites is 1. The zero-order valence-electron chi connectivity index (χ0n) is 14.9. The molecule has 0 radical (unpaired) electrons. The van der Waals surface area contributed by atoms with E-state index in [0.717, 1.165) is 35.4 Å². The van der Waals surface area contributed by atoms with Gasteiger partial charge in [-0.25, -0.2) is 4.39 Å². The fourth-order valence-corrected chi connectivity index (χ4v) is 2.79. The van der Waals surface area contributed by atoms with Gasteiger partial charge in [-0.2, -0.15) is 0 Å². The molecule has 2 aromatic carbocycles. The van der Waals surface area contributed by atoms with Crippen LogP contribution in [0.3, 0.4) is 0 Å². The van der Waals surface area contributed by atoms with E-state index in [0.29, 0.717) is 13.2 Å². The first-order chi connectivity index (χ1) is 12.8. The van der Waals surface area contributed by atoms with Crippen LogP contribution in [-0.2, 0) is 13.0 Å². The van der Waals surface area contributed by atoms with Crippen molar-refractivity contribution in [3.05, 3.63) is 83.9 Å². The Labute approximate surface area is 153 Å². The van der Waals surface area contributed by atoms with E-state index in [2.05, 4.69) is 29.4 Å². The molecule has 3 aromatic rings. The number of halogens is 1. The molecular formula is C22H23FN2O. The zero-order chi connectivity index (χ0) is 18.2. The quantitative estimate of drug-likeness (QED) is 0.602. The van der Waals surface area contributed by atoms with Gasteiger partial charge >= 0.3 is 0 Å². The fraction of sp³-hybridized carbons (Fsp3) is 0.227. The van der Waals surface area contributed by atoms with E-state index < -0.39 is 0 Å². The van der Waals surface area contributed by atoms with Crippen LogP contribution in [0.5, 0.6) is 5.75 Å². The van der Waals surface area contributed by atoms with E-state index in [4.69, 9.17) is 4.74 Å². The second kappa shape index (κ2) is 9.11. The van der Waals surface area contributed by atoms with Crippen LogP contribution in [0.15, 0.2) is 67.0 Å². The van der Waals surface area contributed by atoms with Gasteiger partial charge in [0.2, 0.25) is 0 Å². The molecule has 0 saturated carbocycles. The van der Waals surface area contributed by atoms with Gasteiger partial charge in [-0.1, -0.05) is 37.3 Å². The summed E-state index contributed by atoms with van der Waals surface area (Å²) >= 11 is 0. The van der Waals surface area contributed by atoms with Crippen LogP contribution < -0.4 is 10.1 Å². The minimum Gasteiger partial charge on any atom is -0.492 e. The Morgan fingerprint density at radius 2 is 1.81 bits per heavy atom. The van der Waals surface area contributed by atoms with Crippen LogP contribution in [-0.4, -0.2) is 18.1 Å². The average Bonchev–Trinajstić information content (AvgIpc) is 2.69. The van der Waals surface area contributed by atoms with Gasteiger partial charge in [0.15, 0.2) is 0 Å². The highest BCUT2D eigenvalue weighted by Gasteiger charge is 2.02. The number of aromatic nitrogens is 1. The van der Waals surface area contributed by atoms with Gasteiger partial charge in [0.25, 0.3) is 0 Å². The average molecular weight is 350 g/mol. The van der Waals surface area contributed by atoms with Crippen molar-refractivity contribution in [3.63, 3.8) is 0 Å². The molecule has 0 aliphatic heterocycles. The lowest BCUT2D eigenvalue weighted by Gasteiger charge is -2.11. The third-order valence-corrected chi connectivity index (χ3v) is 4.19. The van der Waals surface area contributed by atoms with Crippen molar-refractivity contribution < 1.29 is 9.13 Å². The monoisotopic (exact) mass is 350 g/mol. The Bertz CT molecular complexity index is 834. The van der Waals surface area contributed by atoms with Crippen LogP contribution in [0.25, 0.3) is 11.1 Å². The maximum Gasteiger partial charge on any atom is 0.123 e. The first-order valence-corrected chi connectivity index (χ1v) is 8.87. The number of pyridine rings is 1. The summed E-state index contributed by atoms with van der Waals surface area (Å²) in [7, 11) is 0. The minimum absolute atomic E-state index is 0.232. The lowest BCUT2D eigenvalue weighted by Crippen LogP contribution is -2.21. The predicted molar refractivity (Wildman–Crippen MR) is 103 cm³/mol. The highest BCUT2D eigenvalue weighted by Crippen LogP contribution is 2.20. The molecule has 0 atom stereocenters. The summed E-state index contributed by atoms with van der Waals surface area (Å²) in [4.78, 5) is 4.29. The van der Waals surface area contributed by atoms with Crippen molar-refractivity contribution in [1.82, 2.24) is 10.3 Å². The number of nitrogens with zero attached hydrogens (tertiary/aromatic N) is 1. The van der Waals surface area contributed by atoms with Crippen molar-refractivity contribution >= 4 is 0 Å². The van der Waals surface area contributed by atoms with Crippen molar-refractivity contribution in [2.45, 2.75) is 19.9 Å². The standard InChI is InChI=1S/C22H23FN2O/c1-2-18-5-3-4-6-22(18)26-12-11-24-14-17-13-20(16-25-15-17)19-7-9-21(23)10-8-19/h3-10,13,15-16,24H,2,11-12,14H2,1H3. The van der Waals surface area contributed by atoms with Crippen molar-refractivity contribution in [2.24, 2.45) is 0 Å². The van der Waals surface area contributed by atoms with Gasteiger partial charge in [-0.15, -0.1) is 0 Å². The molecule has 1 aromatic heterocycles. The Morgan fingerprint density at radius 3 is 2.62 bits per heavy atom. The first-order valence-electron chi connectivity index (χ1n) is 8.87. The Morgan fingerprint density at radius 1 is 1.00 bits per heavy atom. The molecule has 1 N–H and O–H groups in total. The molecule has 134 valence electrons. The molecule has 0 amide bonds. The van der Waals surface area contributed by atoms with E-state index in [1.54, 1.807) is 18.3 Å². The minimum atomic E-state index is -0.232. The number of nitrogens with one attached hydrogen (secondary N) is 1. The van der Waals surface area contributed by atoms with Gasteiger partial charge in [0.1, 0.15) is 18.2 Å². The lowest BCUT2D eigenvalue weighted by atomic mass is 10.1. The van der Waals surface area contributed by atoms with Gasteiger partial charge in [-0.3, -0.25) is 4.98 Å². The summed E-state index contributed by atoms with van der Waals surface area (Å²) in [5, 5.41) is 3.37. The van der Waals surface area contributed by atoms with Crippen LogP contribution >= 0.6 is 0 Å². The molecular weight excluding hydrogens is 327 g/mol. The van der Waals surface area contributed by atoms with Crippen LogP contribution in [0.1, 0.15) is 18.1 Å². The SMILES string of the molecule is CCc1ccccc1OCCNCc1cncc(-c2ccc(F)cc2)c1. The number of hydrogen-bond donors (Lipinski definition) is 1. The van der Waals surface area contributed by atoms with Crippen LogP contribution in [0.2, 0.25) is 0 Å². The van der Waals surface area contributed by atoms with E-state index in [1.807, 2.05) is 24.4 Å². The zero-order valence-corrected chi connectivity index (χ0v) is 14.9. The van der Waals surface area contributed by atoms with Crippen LogP contribution in [0.4, 0.5) is 4.39 Å². The summed E-state index contributed by atoms with van der Waals surface area (Å²) in [5.41, 5.74) is 4.25. The number of ether oxygens (including phenoxy) is 1. The lowest BCUT2D eigenvalue weighted by molar-refractivity contribution is 0.311. The summed E-state index contributed by atoms with van der Waals surface area (Å²) in [6.45, 7) is 4.20. The van der Waals surface area contributed by atoms with E-state index in [-0.39, 0.29) is 5.82 Å². The summed E-state index contributed by atoms with van der Waals surface area (Å²) < 4.78 is 18.9. The van der Waals surface area contributed by atoms with Crippen molar-refractivity contribution in [3.8, 4) is 16.9 Å². The Balaban J connectivity index is 1.49. The van der Waals surface area contributed by atoms with E-state index >= 15 is 0 Å². The number of rotatable bonds is 8. The Kier molecular flexibility index (Phi) is 6.34. The normalized spacial score (nSPS) is 10.7. The number of hydrogen-bond acceptors (Lipinski definition) is 3. The summed E-state index contributed by atoms with van der Waals surface area (Å²) in [5.74, 6) is 0.723. The van der Waals surface area contributed by atoms with Gasteiger partial charge in [0, 0.05) is 31.0 Å². The maximum atomic E-state index is 13.1. The second-order valence-electron chi connectivity index (χ2n) is 6.08. The molecule has 26 heavy (non-hydrogen) atoms.